The second kappa shape index (κ2) is 17.5. The molecule has 0 saturated heterocycles. The number of aromatic nitrogens is 4. The SMILES string of the molecule is COc1ccc(C(=O)c2cnn(-c3cc(C(=O)NC4CC4)ccc3C)c2N)cc1OC.CSc1ccc(C(=O)c2cnn(-c3cc(C(=O)NC4CC4)ccc3C)c2N)cc1. The summed E-state index contributed by atoms with van der Waals surface area (Å²) in [5.74, 6) is 0.728. The van der Waals surface area contributed by atoms with E-state index in [0.717, 1.165) is 41.7 Å². The Labute approximate surface area is 351 Å². The Morgan fingerprint density at radius 3 is 1.48 bits per heavy atom. The first-order valence-corrected chi connectivity index (χ1v) is 20.6. The molecule has 2 saturated carbocycles. The van der Waals surface area contributed by atoms with Crippen molar-refractivity contribution < 1.29 is 28.7 Å². The number of rotatable bonds is 13. The minimum absolute atomic E-state index is 0.107. The van der Waals surface area contributed by atoms with E-state index in [1.54, 1.807) is 66.4 Å². The number of nitrogens with one attached hydrogen (secondary N) is 2. The molecule has 0 atom stereocenters. The number of thioether (sulfide) groups is 1. The molecule has 0 spiro atoms. The smallest absolute Gasteiger partial charge is 0.251 e. The average Bonchev–Trinajstić information content (AvgIpc) is 4.20. The Morgan fingerprint density at radius 1 is 0.617 bits per heavy atom. The summed E-state index contributed by atoms with van der Waals surface area (Å²) in [6.45, 7) is 3.82. The van der Waals surface area contributed by atoms with E-state index in [4.69, 9.17) is 20.9 Å². The molecule has 14 nitrogen and oxygen atoms in total. The van der Waals surface area contributed by atoms with Crippen LogP contribution in [0.3, 0.4) is 0 Å². The van der Waals surface area contributed by atoms with Gasteiger partial charge in [0.1, 0.15) is 11.6 Å². The zero-order valence-corrected chi connectivity index (χ0v) is 34.8. The van der Waals surface area contributed by atoms with Gasteiger partial charge in [-0.2, -0.15) is 10.2 Å². The van der Waals surface area contributed by atoms with Gasteiger partial charge in [0.15, 0.2) is 23.1 Å². The highest BCUT2D eigenvalue weighted by Gasteiger charge is 2.26. The first-order chi connectivity index (χ1) is 28.9. The maximum Gasteiger partial charge on any atom is 0.251 e. The quantitative estimate of drug-likeness (QED) is 0.0731. The highest BCUT2D eigenvalue weighted by Crippen LogP contribution is 2.31. The van der Waals surface area contributed by atoms with Gasteiger partial charge in [-0.25, -0.2) is 9.36 Å². The summed E-state index contributed by atoms with van der Waals surface area (Å²) in [6.07, 6.45) is 8.98. The first kappa shape index (κ1) is 41.3. The number of benzene rings is 4. The molecule has 8 rings (SSSR count). The topological polar surface area (TPSA) is 198 Å². The molecule has 0 bridgehead atoms. The standard InChI is InChI=1S/C23H24N4O4.C22H22N4O2S/c1-13-4-5-15(23(29)26-16-7-8-16)10-18(13)27-22(24)17(12-25-27)21(28)14-6-9-19(30-2)20(11-14)31-3;1-13-3-4-15(22(28)25-16-7-8-16)11-19(13)26-21(23)18(12-24-26)20(27)14-5-9-17(29-2)10-6-14/h4-6,9-12,16H,7-8,24H2,1-3H3,(H,26,29);3-6,9-12,16H,7-8,23H2,1-2H3,(H,25,28). The second-order valence-corrected chi connectivity index (χ2v) is 15.5. The molecule has 15 heteroatoms. The van der Waals surface area contributed by atoms with Crippen molar-refractivity contribution in [2.45, 2.75) is 56.5 Å². The molecule has 60 heavy (non-hydrogen) atoms. The number of ether oxygens (including phenoxy) is 2. The van der Waals surface area contributed by atoms with E-state index >= 15 is 0 Å². The van der Waals surface area contributed by atoms with Crippen molar-refractivity contribution in [1.82, 2.24) is 30.2 Å². The van der Waals surface area contributed by atoms with E-state index in [0.29, 0.717) is 50.7 Å². The lowest BCUT2D eigenvalue weighted by molar-refractivity contribution is 0.0942. The van der Waals surface area contributed by atoms with Crippen LogP contribution in [0.15, 0.2) is 96.2 Å². The van der Waals surface area contributed by atoms with Gasteiger partial charge in [0.2, 0.25) is 0 Å². The highest BCUT2D eigenvalue weighted by atomic mass is 32.2. The number of amides is 2. The van der Waals surface area contributed by atoms with Crippen LogP contribution in [-0.2, 0) is 0 Å². The Morgan fingerprint density at radius 2 is 1.05 bits per heavy atom. The van der Waals surface area contributed by atoms with Gasteiger partial charge in [0, 0.05) is 39.2 Å². The minimum Gasteiger partial charge on any atom is -0.493 e. The van der Waals surface area contributed by atoms with Crippen LogP contribution in [0, 0.1) is 13.8 Å². The van der Waals surface area contributed by atoms with Crippen LogP contribution in [0.1, 0.15) is 89.4 Å². The number of carbonyl (C=O) groups is 4. The molecule has 0 radical (unpaired) electrons. The fourth-order valence-electron chi connectivity index (χ4n) is 6.43. The molecular formula is C45H46N8O6S. The number of carbonyl (C=O) groups excluding carboxylic acids is 4. The van der Waals surface area contributed by atoms with Crippen molar-refractivity contribution >= 4 is 46.8 Å². The van der Waals surface area contributed by atoms with Crippen LogP contribution in [0.4, 0.5) is 11.6 Å². The molecule has 6 aromatic rings. The summed E-state index contributed by atoms with van der Waals surface area (Å²) in [7, 11) is 3.04. The van der Waals surface area contributed by atoms with Crippen molar-refractivity contribution in [2.75, 3.05) is 31.9 Å². The number of nitrogen functional groups attached to an aromatic ring is 2. The average molecular weight is 827 g/mol. The highest BCUT2D eigenvalue weighted by molar-refractivity contribution is 7.98. The summed E-state index contributed by atoms with van der Waals surface area (Å²) < 4.78 is 13.5. The van der Waals surface area contributed by atoms with Gasteiger partial charge in [-0.15, -0.1) is 11.8 Å². The van der Waals surface area contributed by atoms with E-state index in [1.807, 2.05) is 44.4 Å². The number of nitrogens with zero attached hydrogens (tertiary/aromatic N) is 4. The molecule has 0 unspecified atom stereocenters. The number of ketones is 2. The van der Waals surface area contributed by atoms with Gasteiger partial charge in [0.05, 0.1) is 49.1 Å². The lowest BCUT2D eigenvalue weighted by Crippen LogP contribution is -2.25. The van der Waals surface area contributed by atoms with Crippen molar-refractivity contribution in [2.24, 2.45) is 0 Å². The Hall–Kier alpha value is -6.87. The van der Waals surface area contributed by atoms with E-state index in [1.165, 1.54) is 36.0 Å². The third kappa shape index (κ3) is 8.90. The van der Waals surface area contributed by atoms with Crippen LogP contribution in [0.2, 0.25) is 0 Å². The van der Waals surface area contributed by atoms with Gasteiger partial charge in [-0.05, 0) is 124 Å². The van der Waals surface area contributed by atoms with E-state index in [9.17, 15) is 19.2 Å². The monoisotopic (exact) mass is 826 g/mol. The summed E-state index contributed by atoms with van der Waals surface area (Å²) in [6, 6.07) is 23.6. The molecule has 2 heterocycles. The Kier molecular flexibility index (Phi) is 12.1. The van der Waals surface area contributed by atoms with Crippen LogP contribution in [-0.4, -0.2) is 75.5 Å². The van der Waals surface area contributed by atoms with E-state index < -0.39 is 0 Å². The lowest BCUT2D eigenvalue weighted by atomic mass is 10.0. The molecule has 2 aliphatic rings. The molecule has 2 fully saturated rings. The van der Waals surface area contributed by atoms with Crippen molar-refractivity contribution in [3.63, 3.8) is 0 Å². The maximum absolute atomic E-state index is 13.1. The number of hydrogen-bond donors (Lipinski definition) is 4. The molecular weight excluding hydrogens is 781 g/mol. The third-order valence-corrected chi connectivity index (χ3v) is 11.1. The van der Waals surface area contributed by atoms with Gasteiger partial charge in [-0.1, -0.05) is 12.1 Å². The molecule has 308 valence electrons. The first-order valence-electron chi connectivity index (χ1n) is 19.4. The Bertz CT molecular complexity index is 2610. The third-order valence-electron chi connectivity index (χ3n) is 10.3. The summed E-state index contributed by atoms with van der Waals surface area (Å²) in [4.78, 5) is 51.9. The van der Waals surface area contributed by atoms with Gasteiger partial charge < -0.3 is 31.6 Å². The van der Waals surface area contributed by atoms with E-state index in [-0.39, 0.29) is 52.7 Å². The lowest BCUT2D eigenvalue weighted by Gasteiger charge is -2.11. The molecule has 2 aliphatic carbocycles. The number of nitrogens with two attached hydrogens (primary N) is 2. The molecule has 6 N–H and O–H groups in total. The number of anilines is 2. The normalized spacial score (nSPS) is 13.2. The van der Waals surface area contributed by atoms with Crippen molar-refractivity contribution in [3.05, 3.63) is 136 Å². The van der Waals surface area contributed by atoms with E-state index in [2.05, 4.69) is 20.8 Å². The number of hydrogen-bond acceptors (Lipinski definition) is 11. The summed E-state index contributed by atoms with van der Waals surface area (Å²) in [5, 5.41) is 14.6. The summed E-state index contributed by atoms with van der Waals surface area (Å²) >= 11 is 1.62. The van der Waals surface area contributed by atoms with Crippen LogP contribution in [0.25, 0.3) is 11.4 Å². The van der Waals surface area contributed by atoms with Gasteiger partial charge >= 0.3 is 0 Å². The van der Waals surface area contributed by atoms with Gasteiger partial charge in [0.25, 0.3) is 11.8 Å². The minimum atomic E-state index is -0.287. The fourth-order valence-corrected chi connectivity index (χ4v) is 6.84. The predicted octanol–water partition coefficient (Wildman–Crippen LogP) is 6.51. The predicted molar refractivity (Wildman–Crippen MR) is 231 cm³/mol. The van der Waals surface area contributed by atoms with Crippen LogP contribution >= 0.6 is 11.8 Å². The Balaban J connectivity index is 0.000000182. The molecule has 0 aliphatic heterocycles. The number of methoxy groups -OCH3 is 2. The fraction of sp³-hybridized carbons (Fsp3) is 0.244. The zero-order chi connectivity index (χ0) is 42.7. The van der Waals surface area contributed by atoms with Gasteiger partial charge in [-0.3, -0.25) is 19.2 Å². The zero-order valence-electron chi connectivity index (χ0n) is 33.9. The van der Waals surface area contributed by atoms with Crippen LogP contribution in [0.5, 0.6) is 11.5 Å². The largest absolute Gasteiger partial charge is 0.493 e. The molecule has 2 amide bonds. The maximum atomic E-state index is 13.1. The van der Waals surface area contributed by atoms with Crippen LogP contribution < -0.4 is 31.6 Å². The number of aryl methyl sites for hydroxylation is 2. The summed E-state index contributed by atoms with van der Waals surface area (Å²) in [5.41, 5.74) is 18.4. The molecule has 4 aromatic carbocycles. The van der Waals surface area contributed by atoms with Crippen molar-refractivity contribution in [1.29, 1.82) is 0 Å². The van der Waals surface area contributed by atoms with Crippen molar-refractivity contribution in [3.8, 4) is 22.9 Å². The second-order valence-electron chi connectivity index (χ2n) is 14.7. The molecule has 2 aromatic heterocycles.